The van der Waals surface area contributed by atoms with Crippen LogP contribution in [0.25, 0.3) is 0 Å². The summed E-state index contributed by atoms with van der Waals surface area (Å²) in [6.45, 7) is 5.97. The fourth-order valence-corrected chi connectivity index (χ4v) is 2.64. The quantitative estimate of drug-likeness (QED) is 0.795. The second kappa shape index (κ2) is 6.18. The topological polar surface area (TPSA) is 21.3 Å². The third kappa shape index (κ3) is 3.44. The fraction of sp³-hybridized carbons (Fsp3) is 0.538. The van der Waals surface area contributed by atoms with Crippen LogP contribution in [0.5, 0.6) is 0 Å². The van der Waals surface area contributed by atoms with Crippen LogP contribution in [0.2, 0.25) is 0 Å². The first-order chi connectivity index (χ1) is 7.86. The molecule has 1 unspecified atom stereocenters. The lowest BCUT2D eigenvalue weighted by Gasteiger charge is -2.16. The average molecular weight is 237 g/mol. The molecule has 0 bridgehead atoms. The molecule has 0 aliphatic carbocycles. The van der Waals surface area contributed by atoms with Crippen LogP contribution in [-0.2, 0) is 4.74 Å². The van der Waals surface area contributed by atoms with Crippen molar-refractivity contribution in [1.82, 2.24) is 5.32 Å². The van der Waals surface area contributed by atoms with Crippen LogP contribution in [0, 0.1) is 0 Å². The monoisotopic (exact) mass is 237 g/mol. The predicted octanol–water partition coefficient (Wildman–Crippen LogP) is 2.79. The first kappa shape index (κ1) is 11.8. The van der Waals surface area contributed by atoms with E-state index in [-0.39, 0.29) is 0 Å². The molecule has 0 fully saturated rings. The van der Waals surface area contributed by atoms with Gasteiger partial charge in [-0.05, 0) is 23.4 Å². The lowest BCUT2D eigenvalue weighted by atomic mass is 10.1. The van der Waals surface area contributed by atoms with E-state index in [9.17, 15) is 0 Å². The maximum absolute atomic E-state index is 5.41. The van der Waals surface area contributed by atoms with E-state index in [4.69, 9.17) is 4.74 Å². The summed E-state index contributed by atoms with van der Waals surface area (Å²) < 4.78 is 5.41. The van der Waals surface area contributed by atoms with Gasteiger partial charge >= 0.3 is 0 Å². The van der Waals surface area contributed by atoms with Gasteiger partial charge in [0.1, 0.15) is 0 Å². The van der Waals surface area contributed by atoms with Crippen LogP contribution in [0.15, 0.2) is 29.2 Å². The number of ether oxygens (including phenoxy) is 1. The van der Waals surface area contributed by atoms with Crippen molar-refractivity contribution in [3.63, 3.8) is 0 Å². The number of nitrogens with one attached hydrogen (secondary N) is 1. The van der Waals surface area contributed by atoms with Crippen molar-refractivity contribution in [3.8, 4) is 0 Å². The van der Waals surface area contributed by atoms with Crippen LogP contribution in [0.4, 0.5) is 0 Å². The Balaban J connectivity index is 1.69. The zero-order chi connectivity index (χ0) is 11.2. The molecule has 16 heavy (non-hydrogen) atoms. The SMILES string of the molecule is CC(CNCC1=CCCOC1)c1cccs1. The number of hydrogen-bond acceptors (Lipinski definition) is 3. The van der Waals surface area contributed by atoms with Crippen LogP contribution in [-0.4, -0.2) is 26.3 Å². The van der Waals surface area contributed by atoms with Gasteiger partial charge < -0.3 is 10.1 Å². The van der Waals surface area contributed by atoms with Crippen molar-refractivity contribution < 1.29 is 4.74 Å². The Hall–Kier alpha value is -0.640. The molecule has 1 aliphatic rings. The van der Waals surface area contributed by atoms with Gasteiger partial charge in [-0.15, -0.1) is 11.3 Å². The summed E-state index contributed by atoms with van der Waals surface area (Å²) in [5.41, 5.74) is 1.39. The lowest BCUT2D eigenvalue weighted by molar-refractivity contribution is 0.149. The van der Waals surface area contributed by atoms with Crippen molar-refractivity contribution >= 4 is 11.3 Å². The van der Waals surface area contributed by atoms with E-state index in [1.54, 1.807) is 0 Å². The normalized spacial score (nSPS) is 18.2. The Morgan fingerprint density at radius 2 is 2.50 bits per heavy atom. The zero-order valence-corrected chi connectivity index (χ0v) is 10.6. The summed E-state index contributed by atoms with van der Waals surface area (Å²) >= 11 is 1.84. The van der Waals surface area contributed by atoms with Crippen molar-refractivity contribution in [3.05, 3.63) is 34.0 Å². The maximum Gasteiger partial charge on any atom is 0.0689 e. The van der Waals surface area contributed by atoms with E-state index >= 15 is 0 Å². The Labute approximate surface area is 101 Å². The van der Waals surface area contributed by atoms with Crippen molar-refractivity contribution in [2.75, 3.05) is 26.3 Å². The molecule has 1 aromatic heterocycles. The van der Waals surface area contributed by atoms with Gasteiger partial charge in [-0.25, -0.2) is 0 Å². The Kier molecular flexibility index (Phi) is 4.57. The largest absolute Gasteiger partial charge is 0.377 e. The molecule has 1 N–H and O–H groups in total. The minimum Gasteiger partial charge on any atom is -0.377 e. The van der Waals surface area contributed by atoms with E-state index in [1.165, 1.54) is 10.5 Å². The van der Waals surface area contributed by atoms with Gasteiger partial charge in [-0.1, -0.05) is 19.1 Å². The van der Waals surface area contributed by atoms with E-state index in [0.717, 1.165) is 32.7 Å². The van der Waals surface area contributed by atoms with Gasteiger partial charge in [0.25, 0.3) is 0 Å². The molecule has 0 spiro atoms. The molecule has 0 amide bonds. The van der Waals surface area contributed by atoms with Gasteiger partial charge in [0.05, 0.1) is 13.2 Å². The fourth-order valence-electron chi connectivity index (χ4n) is 1.85. The minimum atomic E-state index is 0.602. The van der Waals surface area contributed by atoms with Gasteiger partial charge in [-0.3, -0.25) is 0 Å². The van der Waals surface area contributed by atoms with Gasteiger partial charge in [0, 0.05) is 23.9 Å². The van der Waals surface area contributed by atoms with Gasteiger partial charge in [-0.2, -0.15) is 0 Å². The summed E-state index contributed by atoms with van der Waals surface area (Å²) in [5.74, 6) is 0.602. The standard InChI is InChI=1S/C13H19NOS/c1-11(13-5-3-7-16-13)8-14-9-12-4-2-6-15-10-12/h3-5,7,11,14H,2,6,8-10H2,1H3. The van der Waals surface area contributed by atoms with Gasteiger partial charge in [0.15, 0.2) is 0 Å². The molecule has 3 heteroatoms. The maximum atomic E-state index is 5.41. The lowest BCUT2D eigenvalue weighted by Crippen LogP contribution is -2.24. The highest BCUT2D eigenvalue weighted by atomic mass is 32.1. The van der Waals surface area contributed by atoms with E-state index in [0.29, 0.717) is 5.92 Å². The minimum absolute atomic E-state index is 0.602. The molecule has 0 saturated carbocycles. The third-order valence-corrected chi connectivity index (χ3v) is 3.92. The highest BCUT2D eigenvalue weighted by Gasteiger charge is 2.07. The van der Waals surface area contributed by atoms with Crippen molar-refractivity contribution in [1.29, 1.82) is 0 Å². The second-order valence-corrected chi connectivity index (χ2v) is 5.23. The predicted molar refractivity (Wildman–Crippen MR) is 69.1 cm³/mol. The summed E-state index contributed by atoms with van der Waals surface area (Å²) in [4.78, 5) is 1.46. The van der Waals surface area contributed by atoms with E-state index in [1.807, 2.05) is 11.3 Å². The summed E-state index contributed by atoms with van der Waals surface area (Å²) in [6, 6.07) is 4.33. The molecular weight excluding hydrogens is 218 g/mol. The molecule has 0 aromatic carbocycles. The number of hydrogen-bond donors (Lipinski definition) is 1. The molecule has 1 aromatic rings. The molecule has 0 radical (unpaired) electrons. The molecular formula is C13H19NOS. The molecule has 0 saturated heterocycles. The first-order valence-electron chi connectivity index (χ1n) is 5.86. The summed E-state index contributed by atoms with van der Waals surface area (Å²) in [7, 11) is 0. The van der Waals surface area contributed by atoms with Crippen molar-refractivity contribution in [2.24, 2.45) is 0 Å². The van der Waals surface area contributed by atoms with E-state index in [2.05, 4.69) is 35.8 Å². The van der Waals surface area contributed by atoms with Crippen LogP contribution in [0.1, 0.15) is 24.1 Å². The smallest absolute Gasteiger partial charge is 0.0689 e. The Morgan fingerprint density at radius 3 is 3.19 bits per heavy atom. The number of rotatable bonds is 5. The summed E-state index contributed by atoms with van der Waals surface area (Å²) in [6.07, 6.45) is 3.36. The highest BCUT2D eigenvalue weighted by molar-refractivity contribution is 7.10. The second-order valence-electron chi connectivity index (χ2n) is 4.25. The van der Waals surface area contributed by atoms with Crippen molar-refractivity contribution in [2.45, 2.75) is 19.3 Å². The molecule has 1 atom stereocenters. The molecule has 2 nitrogen and oxygen atoms in total. The Bertz CT molecular complexity index is 332. The first-order valence-corrected chi connectivity index (χ1v) is 6.74. The average Bonchev–Trinajstić information content (AvgIpc) is 2.84. The van der Waals surface area contributed by atoms with Gasteiger partial charge in [0.2, 0.25) is 0 Å². The van der Waals surface area contributed by atoms with Crippen LogP contribution >= 0.6 is 11.3 Å². The Morgan fingerprint density at radius 1 is 1.56 bits per heavy atom. The zero-order valence-electron chi connectivity index (χ0n) is 9.74. The molecule has 2 rings (SSSR count). The third-order valence-electron chi connectivity index (χ3n) is 2.81. The molecule has 2 heterocycles. The molecule has 1 aliphatic heterocycles. The summed E-state index contributed by atoms with van der Waals surface area (Å²) in [5, 5.41) is 5.64. The van der Waals surface area contributed by atoms with Crippen LogP contribution in [0.3, 0.4) is 0 Å². The highest BCUT2D eigenvalue weighted by Crippen LogP contribution is 2.19. The molecule has 88 valence electrons. The van der Waals surface area contributed by atoms with Crippen LogP contribution < -0.4 is 5.32 Å². The van der Waals surface area contributed by atoms with E-state index < -0.39 is 0 Å². The number of thiophene rings is 1.